The number of amides is 2. The highest BCUT2D eigenvalue weighted by molar-refractivity contribution is 5.92. The third-order valence-electron chi connectivity index (χ3n) is 3.00. The van der Waals surface area contributed by atoms with E-state index >= 15 is 0 Å². The van der Waals surface area contributed by atoms with E-state index in [4.69, 9.17) is 0 Å². The summed E-state index contributed by atoms with van der Waals surface area (Å²) < 4.78 is 2.13. The Hall–Kier alpha value is -3.28. The largest absolute Gasteiger partial charge is 0.394 e. The van der Waals surface area contributed by atoms with Crippen molar-refractivity contribution in [1.29, 1.82) is 0 Å². The molecule has 0 spiro atoms. The second-order valence-electron chi connectivity index (χ2n) is 4.85. The molecule has 1 unspecified atom stereocenters. The van der Waals surface area contributed by atoms with E-state index < -0.39 is 42.3 Å². The fraction of sp³-hybridized carbons (Fsp3) is 0.333. The predicted octanol–water partition coefficient (Wildman–Crippen LogP) is -3.32. The minimum Gasteiger partial charge on any atom is -0.394 e. The smallest absolute Gasteiger partial charge is 0.328 e. The molecule has 2 aromatic heterocycles. The van der Waals surface area contributed by atoms with Crippen molar-refractivity contribution < 1.29 is 14.7 Å². The number of rotatable bonds is 6. The van der Waals surface area contributed by atoms with Gasteiger partial charge in [0.15, 0.2) is 0 Å². The van der Waals surface area contributed by atoms with Gasteiger partial charge in [-0.05, 0) is 6.92 Å². The zero-order valence-electron chi connectivity index (χ0n) is 12.6. The molecule has 0 aromatic carbocycles. The monoisotopic (exact) mass is 337 g/mol. The molecule has 0 radical (unpaired) electrons. The zero-order valence-corrected chi connectivity index (χ0v) is 12.6. The van der Waals surface area contributed by atoms with Gasteiger partial charge in [-0.3, -0.25) is 29.4 Å². The van der Waals surface area contributed by atoms with Crippen LogP contribution in [-0.4, -0.2) is 54.0 Å². The molecule has 128 valence electrons. The summed E-state index contributed by atoms with van der Waals surface area (Å²) in [5, 5.41) is 18.5. The van der Waals surface area contributed by atoms with Gasteiger partial charge in [-0.2, -0.15) is 0 Å². The summed E-state index contributed by atoms with van der Waals surface area (Å²) in [4.78, 5) is 48.8. The lowest BCUT2D eigenvalue weighted by Gasteiger charge is -2.16. The standard InChI is InChI=1S/C12H15N7O5/c1-7-2-18(12(24)16-10(7)22)3-9(21)15-8(4-20)11(23)17-19-5-13-14-6-19/h2,5-6,8,20H,3-4H2,1H3,(H,15,21)(H,17,23)(H,16,22,24). The summed E-state index contributed by atoms with van der Waals surface area (Å²) in [5.74, 6) is -1.39. The first kappa shape index (κ1) is 17.1. The molecule has 0 bridgehead atoms. The van der Waals surface area contributed by atoms with E-state index in [1.807, 2.05) is 0 Å². The maximum atomic E-state index is 12.0. The molecule has 0 aliphatic heterocycles. The highest BCUT2D eigenvalue weighted by atomic mass is 16.3. The Kier molecular flexibility index (Phi) is 5.21. The first-order valence-corrected chi connectivity index (χ1v) is 6.76. The predicted molar refractivity (Wildman–Crippen MR) is 79.5 cm³/mol. The molecule has 0 aliphatic carbocycles. The molecule has 4 N–H and O–H groups in total. The third-order valence-corrected chi connectivity index (χ3v) is 3.00. The third kappa shape index (κ3) is 4.13. The molecule has 2 amide bonds. The van der Waals surface area contributed by atoms with Gasteiger partial charge in [-0.25, -0.2) is 9.47 Å². The van der Waals surface area contributed by atoms with Gasteiger partial charge in [-0.1, -0.05) is 0 Å². The Balaban J connectivity index is 2.02. The quantitative estimate of drug-likeness (QED) is 0.428. The van der Waals surface area contributed by atoms with Crippen LogP contribution in [0.4, 0.5) is 0 Å². The van der Waals surface area contributed by atoms with Crippen LogP contribution < -0.4 is 22.0 Å². The van der Waals surface area contributed by atoms with Crippen LogP contribution in [0.25, 0.3) is 0 Å². The second kappa shape index (κ2) is 7.32. The molecule has 0 saturated heterocycles. The topological polar surface area (TPSA) is 164 Å². The SMILES string of the molecule is Cc1cn(CC(=O)NC(CO)C(=O)Nn2cnnc2)c(=O)[nH]c1=O. The Bertz CT molecular complexity index is 838. The van der Waals surface area contributed by atoms with Crippen molar-refractivity contribution in [3.63, 3.8) is 0 Å². The van der Waals surface area contributed by atoms with E-state index in [0.29, 0.717) is 0 Å². The van der Waals surface area contributed by atoms with Crippen LogP contribution in [-0.2, 0) is 16.1 Å². The lowest BCUT2D eigenvalue weighted by molar-refractivity contribution is -0.128. The number of aromatic amines is 1. The summed E-state index contributed by atoms with van der Waals surface area (Å²) in [7, 11) is 0. The number of aliphatic hydroxyl groups excluding tert-OH is 1. The normalized spacial score (nSPS) is 11.8. The van der Waals surface area contributed by atoms with Crippen molar-refractivity contribution in [2.75, 3.05) is 12.0 Å². The van der Waals surface area contributed by atoms with Crippen molar-refractivity contribution in [2.45, 2.75) is 19.5 Å². The van der Waals surface area contributed by atoms with Gasteiger partial charge in [-0.15, -0.1) is 10.2 Å². The number of nitrogens with one attached hydrogen (secondary N) is 3. The molecule has 12 nitrogen and oxygen atoms in total. The van der Waals surface area contributed by atoms with E-state index in [9.17, 15) is 24.3 Å². The zero-order chi connectivity index (χ0) is 17.7. The first-order valence-electron chi connectivity index (χ1n) is 6.76. The maximum Gasteiger partial charge on any atom is 0.328 e. The number of aliphatic hydroxyl groups is 1. The number of H-pyrrole nitrogens is 1. The fourth-order valence-electron chi connectivity index (χ4n) is 1.79. The minimum atomic E-state index is -1.24. The van der Waals surface area contributed by atoms with Crippen LogP contribution in [0.5, 0.6) is 0 Å². The molecule has 0 saturated carbocycles. The van der Waals surface area contributed by atoms with Gasteiger partial charge in [0.05, 0.1) is 6.61 Å². The van der Waals surface area contributed by atoms with Crippen molar-refractivity contribution in [1.82, 2.24) is 29.7 Å². The Labute approximate surface area is 134 Å². The summed E-state index contributed by atoms with van der Waals surface area (Å²) in [6.07, 6.45) is 3.67. The maximum absolute atomic E-state index is 12.0. The number of aromatic nitrogens is 5. The number of aryl methyl sites for hydroxylation is 1. The van der Waals surface area contributed by atoms with Crippen LogP contribution in [0.3, 0.4) is 0 Å². The number of nitrogens with zero attached hydrogens (tertiary/aromatic N) is 4. The van der Waals surface area contributed by atoms with Crippen LogP contribution in [0, 0.1) is 6.92 Å². The van der Waals surface area contributed by atoms with Crippen molar-refractivity contribution in [2.24, 2.45) is 0 Å². The Morgan fingerprint density at radius 1 is 1.33 bits per heavy atom. The Morgan fingerprint density at radius 3 is 2.62 bits per heavy atom. The van der Waals surface area contributed by atoms with Crippen molar-refractivity contribution >= 4 is 11.8 Å². The van der Waals surface area contributed by atoms with E-state index in [1.165, 1.54) is 25.8 Å². The highest BCUT2D eigenvalue weighted by Gasteiger charge is 2.20. The summed E-state index contributed by atoms with van der Waals surface area (Å²) in [6, 6.07) is -1.24. The van der Waals surface area contributed by atoms with Gasteiger partial charge in [0, 0.05) is 11.8 Å². The first-order chi connectivity index (χ1) is 11.4. The molecule has 2 heterocycles. The van der Waals surface area contributed by atoms with Crippen LogP contribution >= 0.6 is 0 Å². The molecule has 2 rings (SSSR count). The summed E-state index contributed by atoms with van der Waals surface area (Å²) in [6.45, 7) is 0.405. The van der Waals surface area contributed by atoms with E-state index in [-0.39, 0.29) is 5.56 Å². The van der Waals surface area contributed by atoms with Gasteiger partial charge >= 0.3 is 5.69 Å². The minimum absolute atomic E-state index is 0.256. The van der Waals surface area contributed by atoms with Gasteiger partial charge < -0.3 is 10.4 Å². The van der Waals surface area contributed by atoms with Crippen molar-refractivity contribution in [3.05, 3.63) is 45.3 Å². The van der Waals surface area contributed by atoms with E-state index in [2.05, 4.69) is 25.9 Å². The Morgan fingerprint density at radius 2 is 2.00 bits per heavy atom. The van der Waals surface area contributed by atoms with Gasteiger partial charge in [0.25, 0.3) is 11.5 Å². The summed E-state index contributed by atoms with van der Waals surface area (Å²) in [5.41, 5.74) is 1.29. The molecule has 2 aromatic rings. The van der Waals surface area contributed by atoms with Crippen molar-refractivity contribution in [3.8, 4) is 0 Å². The fourth-order valence-corrected chi connectivity index (χ4v) is 1.79. The molecule has 12 heteroatoms. The number of hydrogen-bond acceptors (Lipinski definition) is 7. The van der Waals surface area contributed by atoms with Crippen LogP contribution in [0.1, 0.15) is 5.56 Å². The molecular weight excluding hydrogens is 322 g/mol. The number of carbonyl (C=O) groups is 2. The van der Waals surface area contributed by atoms with E-state index in [1.54, 1.807) is 0 Å². The molecule has 0 aliphatic rings. The molecule has 1 atom stereocenters. The lowest BCUT2D eigenvalue weighted by Crippen LogP contribution is -2.49. The second-order valence-corrected chi connectivity index (χ2v) is 4.85. The van der Waals surface area contributed by atoms with Gasteiger partial charge in [0.2, 0.25) is 5.91 Å². The average molecular weight is 337 g/mol. The average Bonchev–Trinajstić information content (AvgIpc) is 3.03. The molecular formula is C12H15N7O5. The highest BCUT2D eigenvalue weighted by Crippen LogP contribution is 1.89. The number of hydrogen-bond donors (Lipinski definition) is 4. The molecule has 24 heavy (non-hydrogen) atoms. The number of carbonyl (C=O) groups excluding carboxylic acids is 2. The van der Waals surface area contributed by atoms with Gasteiger partial charge in [0.1, 0.15) is 25.2 Å². The molecule has 0 fully saturated rings. The van der Waals surface area contributed by atoms with Crippen LogP contribution in [0.2, 0.25) is 0 Å². The van der Waals surface area contributed by atoms with E-state index in [0.717, 1.165) is 9.24 Å². The lowest BCUT2D eigenvalue weighted by atomic mass is 10.3. The van der Waals surface area contributed by atoms with Crippen LogP contribution in [0.15, 0.2) is 28.4 Å². The summed E-state index contributed by atoms with van der Waals surface area (Å²) >= 11 is 0.